The van der Waals surface area contributed by atoms with E-state index in [9.17, 15) is 4.79 Å². The maximum Gasteiger partial charge on any atom is 0.224 e. The van der Waals surface area contributed by atoms with Gasteiger partial charge in [-0.15, -0.1) is 0 Å². The molecule has 0 bridgehead atoms. The second-order valence-corrected chi connectivity index (χ2v) is 6.14. The predicted molar refractivity (Wildman–Crippen MR) is 93.3 cm³/mol. The van der Waals surface area contributed by atoms with Crippen molar-refractivity contribution in [1.29, 1.82) is 0 Å². The maximum atomic E-state index is 12.0. The molecule has 1 aromatic heterocycles. The largest absolute Gasteiger partial charge is 0.352 e. The summed E-state index contributed by atoms with van der Waals surface area (Å²) in [5.41, 5.74) is 3.11. The van der Waals surface area contributed by atoms with Gasteiger partial charge in [0.2, 0.25) is 5.91 Å². The van der Waals surface area contributed by atoms with Crippen molar-refractivity contribution in [2.45, 2.75) is 13.0 Å². The van der Waals surface area contributed by atoms with Crippen LogP contribution in [0.3, 0.4) is 0 Å². The van der Waals surface area contributed by atoms with Crippen LogP contribution in [0.4, 0.5) is 0 Å². The molecule has 0 aliphatic rings. The van der Waals surface area contributed by atoms with Crippen molar-refractivity contribution >= 4 is 21.8 Å². The summed E-state index contributed by atoms with van der Waals surface area (Å²) in [6, 6.07) is 15.8. The number of benzene rings is 2. The van der Waals surface area contributed by atoms with Gasteiger partial charge >= 0.3 is 0 Å². The fraction of sp³-hybridized carbons (Fsp3) is 0.111. The summed E-state index contributed by atoms with van der Waals surface area (Å²) in [6.45, 7) is 0.525. The zero-order chi connectivity index (χ0) is 16.1. The van der Waals surface area contributed by atoms with Crippen molar-refractivity contribution in [1.82, 2.24) is 14.9 Å². The van der Waals surface area contributed by atoms with Crippen molar-refractivity contribution < 1.29 is 4.79 Å². The van der Waals surface area contributed by atoms with Crippen molar-refractivity contribution in [2.75, 3.05) is 0 Å². The van der Waals surface area contributed by atoms with Crippen molar-refractivity contribution in [3.8, 4) is 5.69 Å². The number of imidazole rings is 1. The van der Waals surface area contributed by atoms with Gasteiger partial charge in [0.1, 0.15) is 0 Å². The summed E-state index contributed by atoms with van der Waals surface area (Å²) in [4.78, 5) is 16.0. The van der Waals surface area contributed by atoms with Crippen LogP contribution in [0.5, 0.6) is 0 Å². The van der Waals surface area contributed by atoms with Gasteiger partial charge in [-0.05, 0) is 35.4 Å². The van der Waals surface area contributed by atoms with Gasteiger partial charge in [-0.1, -0.05) is 40.2 Å². The van der Waals surface area contributed by atoms with Gasteiger partial charge in [-0.3, -0.25) is 4.79 Å². The first-order valence-corrected chi connectivity index (χ1v) is 8.08. The summed E-state index contributed by atoms with van der Waals surface area (Å²) in [7, 11) is 0. The molecule has 116 valence electrons. The Bertz CT molecular complexity index is 782. The third kappa shape index (κ3) is 4.29. The molecule has 0 unspecified atom stereocenters. The minimum atomic E-state index is 0.0155. The predicted octanol–water partition coefficient (Wildman–Crippen LogP) is 3.49. The topological polar surface area (TPSA) is 46.9 Å². The Morgan fingerprint density at radius 1 is 1.13 bits per heavy atom. The summed E-state index contributed by atoms with van der Waals surface area (Å²) in [6.07, 6.45) is 5.78. The molecule has 2 aromatic carbocycles. The Morgan fingerprint density at radius 2 is 1.96 bits per heavy atom. The molecular formula is C18H16BrN3O. The zero-order valence-electron chi connectivity index (χ0n) is 12.4. The first-order valence-electron chi connectivity index (χ1n) is 7.29. The van der Waals surface area contributed by atoms with Gasteiger partial charge in [-0.25, -0.2) is 4.98 Å². The molecule has 1 N–H and O–H groups in total. The fourth-order valence-corrected chi connectivity index (χ4v) is 2.74. The second-order valence-electron chi connectivity index (χ2n) is 5.22. The van der Waals surface area contributed by atoms with E-state index in [0.29, 0.717) is 13.0 Å². The van der Waals surface area contributed by atoms with Crippen LogP contribution >= 0.6 is 15.9 Å². The van der Waals surface area contributed by atoms with E-state index >= 15 is 0 Å². The Kier molecular flexibility index (Phi) is 4.88. The lowest BCUT2D eigenvalue weighted by molar-refractivity contribution is -0.120. The molecule has 5 heteroatoms. The highest BCUT2D eigenvalue weighted by molar-refractivity contribution is 9.10. The Labute approximate surface area is 143 Å². The summed E-state index contributed by atoms with van der Waals surface area (Å²) in [5, 5.41) is 2.95. The molecule has 0 radical (unpaired) electrons. The molecule has 23 heavy (non-hydrogen) atoms. The third-order valence-corrected chi connectivity index (χ3v) is 3.98. The van der Waals surface area contributed by atoms with Crippen LogP contribution < -0.4 is 5.32 Å². The first-order chi connectivity index (χ1) is 11.2. The molecule has 1 amide bonds. The SMILES string of the molecule is O=C(Cc1cccc(Br)c1)NCc1ccc(-n2ccnc2)cc1. The van der Waals surface area contributed by atoms with Gasteiger partial charge < -0.3 is 9.88 Å². The van der Waals surface area contributed by atoms with Gasteiger partial charge in [0.15, 0.2) is 0 Å². The van der Waals surface area contributed by atoms with E-state index in [2.05, 4.69) is 26.2 Å². The molecule has 0 saturated carbocycles. The van der Waals surface area contributed by atoms with Crippen molar-refractivity contribution in [2.24, 2.45) is 0 Å². The van der Waals surface area contributed by atoms with Crippen LogP contribution in [-0.4, -0.2) is 15.5 Å². The highest BCUT2D eigenvalue weighted by Crippen LogP contribution is 2.12. The summed E-state index contributed by atoms with van der Waals surface area (Å²) < 4.78 is 2.92. The summed E-state index contributed by atoms with van der Waals surface area (Å²) in [5.74, 6) is 0.0155. The molecule has 3 rings (SSSR count). The number of halogens is 1. The lowest BCUT2D eigenvalue weighted by Crippen LogP contribution is -2.24. The van der Waals surface area contributed by atoms with E-state index in [0.717, 1.165) is 21.3 Å². The standard InChI is InChI=1S/C18H16BrN3O/c19-16-3-1-2-15(10-16)11-18(23)21-12-14-4-6-17(7-5-14)22-9-8-20-13-22/h1-10,13H,11-12H2,(H,21,23). The monoisotopic (exact) mass is 369 g/mol. The Morgan fingerprint density at radius 3 is 2.65 bits per heavy atom. The van der Waals surface area contributed by atoms with Crippen LogP contribution in [0, 0.1) is 0 Å². The average molecular weight is 370 g/mol. The van der Waals surface area contributed by atoms with Crippen molar-refractivity contribution in [3.63, 3.8) is 0 Å². The number of hydrogen-bond donors (Lipinski definition) is 1. The molecule has 0 fully saturated rings. The Hall–Kier alpha value is -2.40. The molecule has 0 atom stereocenters. The lowest BCUT2D eigenvalue weighted by atomic mass is 10.1. The normalized spacial score (nSPS) is 10.5. The second kappa shape index (κ2) is 7.24. The third-order valence-electron chi connectivity index (χ3n) is 3.48. The quantitative estimate of drug-likeness (QED) is 0.747. The zero-order valence-corrected chi connectivity index (χ0v) is 14.0. The van der Waals surface area contributed by atoms with E-state index in [1.807, 2.05) is 59.3 Å². The van der Waals surface area contributed by atoms with E-state index in [4.69, 9.17) is 0 Å². The fourth-order valence-electron chi connectivity index (χ4n) is 2.29. The number of hydrogen-bond acceptors (Lipinski definition) is 2. The number of carbonyl (C=O) groups excluding carboxylic acids is 1. The van der Waals surface area contributed by atoms with Crippen LogP contribution in [0.1, 0.15) is 11.1 Å². The minimum Gasteiger partial charge on any atom is -0.352 e. The highest BCUT2D eigenvalue weighted by Gasteiger charge is 2.04. The van der Waals surface area contributed by atoms with Crippen LogP contribution in [0.15, 0.2) is 71.7 Å². The van der Waals surface area contributed by atoms with Gasteiger partial charge in [0.25, 0.3) is 0 Å². The van der Waals surface area contributed by atoms with Gasteiger partial charge in [-0.2, -0.15) is 0 Å². The van der Waals surface area contributed by atoms with Crippen molar-refractivity contribution in [3.05, 3.63) is 82.9 Å². The Balaban J connectivity index is 1.54. The van der Waals surface area contributed by atoms with Gasteiger partial charge in [0.05, 0.1) is 12.7 Å². The van der Waals surface area contributed by atoms with Crippen LogP contribution in [-0.2, 0) is 17.8 Å². The highest BCUT2D eigenvalue weighted by atomic mass is 79.9. The number of nitrogens with zero attached hydrogens (tertiary/aromatic N) is 2. The summed E-state index contributed by atoms with van der Waals surface area (Å²) >= 11 is 3.41. The van der Waals surface area contributed by atoms with E-state index < -0.39 is 0 Å². The molecule has 1 heterocycles. The van der Waals surface area contributed by atoms with E-state index in [1.165, 1.54) is 0 Å². The average Bonchev–Trinajstić information content (AvgIpc) is 3.08. The number of aromatic nitrogens is 2. The first kappa shape index (κ1) is 15.5. The number of nitrogens with one attached hydrogen (secondary N) is 1. The molecule has 3 aromatic rings. The lowest BCUT2D eigenvalue weighted by Gasteiger charge is -2.07. The molecule has 0 aliphatic carbocycles. The van der Waals surface area contributed by atoms with Crippen LogP contribution in [0.2, 0.25) is 0 Å². The number of carbonyl (C=O) groups is 1. The van der Waals surface area contributed by atoms with E-state index in [-0.39, 0.29) is 5.91 Å². The minimum absolute atomic E-state index is 0.0155. The molecule has 0 aliphatic heterocycles. The van der Waals surface area contributed by atoms with Crippen LogP contribution in [0.25, 0.3) is 5.69 Å². The van der Waals surface area contributed by atoms with E-state index in [1.54, 1.807) is 12.5 Å². The molecular weight excluding hydrogens is 354 g/mol. The molecule has 4 nitrogen and oxygen atoms in total. The smallest absolute Gasteiger partial charge is 0.224 e. The number of amides is 1. The molecule has 0 spiro atoms. The molecule has 0 saturated heterocycles. The van der Waals surface area contributed by atoms with Gasteiger partial charge in [0, 0.05) is 29.1 Å². The number of rotatable bonds is 5. The maximum absolute atomic E-state index is 12.0.